The van der Waals surface area contributed by atoms with Crippen molar-refractivity contribution < 1.29 is 9.13 Å². The Morgan fingerprint density at radius 2 is 2.00 bits per heavy atom. The first kappa shape index (κ1) is 12.2. The van der Waals surface area contributed by atoms with Crippen molar-refractivity contribution in [3.63, 3.8) is 0 Å². The molecule has 0 unspecified atom stereocenters. The Balaban J connectivity index is 1.90. The number of ether oxygens (including phenoxy) is 1. The van der Waals surface area contributed by atoms with Crippen molar-refractivity contribution in [2.24, 2.45) is 0 Å². The minimum atomic E-state index is -0.472. The van der Waals surface area contributed by atoms with Crippen molar-refractivity contribution >= 4 is 11.5 Å². The van der Waals surface area contributed by atoms with Gasteiger partial charge in [-0.05, 0) is 29.8 Å². The average Bonchev–Trinajstić information content (AvgIpc) is 2.34. The normalized spacial score (nSPS) is 10.3. The standard InChI is InChI=1S/C13H14FN3O/c14-11-8-10(1-2-12(11)15)18-6-4-9-3-5-17-13(16)7-9/h1-3,5,7-8H,4,6,15H2,(H2,16,17). The fraction of sp³-hybridized carbons (Fsp3) is 0.154. The van der Waals surface area contributed by atoms with Gasteiger partial charge in [-0.3, -0.25) is 0 Å². The van der Waals surface area contributed by atoms with Crippen molar-refractivity contribution in [2.45, 2.75) is 6.42 Å². The van der Waals surface area contributed by atoms with Crippen LogP contribution < -0.4 is 16.2 Å². The van der Waals surface area contributed by atoms with Crippen LogP contribution in [0.5, 0.6) is 5.75 Å². The van der Waals surface area contributed by atoms with Gasteiger partial charge in [-0.15, -0.1) is 0 Å². The number of halogens is 1. The van der Waals surface area contributed by atoms with E-state index in [1.165, 1.54) is 12.1 Å². The van der Waals surface area contributed by atoms with Crippen LogP contribution in [0.3, 0.4) is 0 Å². The van der Waals surface area contributed by atoms with Gasteiger partial charge in [-0.25, -0.2) is 9.37 Å². The molecule has 0 bridgehead atoms. The van der Waals surface area contributed by atoms with Crippen LogP contribution in [0.2, 0.25) is 0 Å². The van der Waals surface area contributed by atoms with E-state index in [9.17, 15) is 4.39 Å². The van der Waals surface area contributed by atoms with Gasteiger partial charge in [-0.2, -0.15) is 0 Å². The molecule has 0 spiro atoms. The molecule has 1 aromatic heterocycles. The second-order valence-electron chi connectivity index (χ2n) is 3.87. The predicted octanol–water partition coefficient (Wildman–Crippen LogP) is 2.01. The lowest BCUT2D eigenvalue weighted by Crippen LogP contribution is -2.03. The summed E-state index contributed by atoms with van der Waals surface area (Å²) in [4.78, 5) is 3.90. The predicted molar refractivity (Wildman–Crippen MR) is 68.7 cm³/mol. The summed E-state index contributed by atoms with van der Waals surface area (Å²) in [5.74, 6) is 0.468. The molecule has 0 amide bonds. The van der Waals surface area contributed by atoms with E-state index < -0.39 is 5.82 Å². The van der Waals surface area contributed by atoms with Gasteiger partial charge in [0.2, 0.25) is 0 Å². The van der Waals surface area contributed by atoms with Crippen LogP contribution >= 0.6 is 0 Å². The number of benzene rings is 1. The highest BCUT2D eigenvalue weighted by molar-refractivity contribution is 5.43. The fourth-order valence-electron chi connectivity index (χ4n) is 1.53. The maximum atomic E-state index is 13.2. The maximum Gasteiger partial charge on any atom is 0.149 e. The van der Waals surface area contributed by atoms with Crippen LogP contribution in [0.25, 0.3) is 0 Å². The number of nitrogens with two attached hydrogens (primary N) is 2. The molecule has 0 fully saturated rings. The third-order valence-electron chi connectivity index (χ3n) is 2.48. The van der Waals surface area contributed by atoms with E-state index in [1.807, 2.05) is 6.07 Å². The zero-order chi connectivity index (χ0) is 13.0. The van der Waals surface area contributed by atoms with Gasteiger partial charge in [0.05, 0.1) is 12.3 Å². The van der Waals surface area contributed by atoms with Crippen LogP contribution in [0.4, 0.5) is 15.9 Å². The van der Waals surface area contributed by atoms with Gasteiger partial charge in [0.1, 0.15) is 17.4 Å². The number of hydrogen-bond acceptors (Lipinski definition) is 4. The van der Waals surface area contributed by atoms with Crippen LogP contribution in [-0.2, 0) is 6.42 Å². The van der Waals surface area contributed by atoms with Crippen LogP contribution in [-0.4, -0.2) is 11.6 Å². The number of pyridine rings is 1. The first-order valence-electron chi connectivity index (χ1n) is 5.53. The van der Waals surface area contributed by atoms with Gasteiger partial charge >= 0.3 is 0 Å². The molecule has 94 valence electrons. The molecular weight excluding hydrogens is 233 g/mol. The maximum absolute atomic E-state index is 13.2. The second-order valence-corrected chi connectivity index (χ2v) is 3.87. The summed E-state index contributed by atoms with van der Waals surface area (Å²) in [6.45, 7) is 0.437. The van der Waals surface area contributed by atoms with E-state index >= 15 is 0 Å². The molecule has 5 heteroatoms. The van der Waals surface area contributed by atoms with E-state index in [1.54, 1.807) is 18.3 Å². The summed E-state index contributed by atoms with van der Waals surface area (Å²) >= 11 is 0. The van der Waals surface area contributed by atoms with Gasteiger partial charge < -0.3 is 16.2 Å². The summed E-state index contributed by atoms with van der Waals surface area (Å²) in [6, 6.07) is 8.04. The Hall–Kier alpha value is -2.30. The lowest BCUT2D eigenvalue weighted by Gasteiger charge is -2.07. The molecule has 4 nitrogen and oxygen atoms in total. The summed E-state index contributed by atoms with van der Waals surface area (Å²) in [5.41, 5.74) is 12.1. The van der Waals surface area contributed by atoms with E-state index in [0.717, 1.165) is 5.56 Å². The first-order chi connectivity index (χ1) is 8.65. The Bertz CT molecular complexity index is 546. The molecule has 0 radical (unpaired) electrons. The summed E-state index contributed by atoms with van der Waals surface area (Å²) in [5, 5.41) is 0. The Labute approximate surface area is 104 Å². The van der Waals surface area contributed by atoms with Crippen LogP contribution in [0.1, 0.15) is 5.56 Å². The average molecular weight is 247 g/mol. The summed E-state index contributed by atoms with van der Waals surface area (Å²) in [7, 11) is 0. The number of aromatic nitrogens is 1. The van der Waals surface area contributed by atoms with E-state index in [2.05, 4.69) is 4.98 Å². The minimum absolute atomic E-state index is 0.115. The van der Waals surface area contributed by atoms with Crippen LogP contribution in [0.15, 0.2) is 36.5 Å². The Morgan fingerprint density at radius 3 is 2.72 bits per heavy atom. The molecule has 0 saturated carbocycles. The molecule has 2 rings (SSSR count). The molecule has 0 aliphatic heterocycles. The van der Waals surface area contributed by atoms with E-state index in [-0.39, 0.29) is 5.69 Å². The monoisotopic (exact) mass is 247 g/mol. The highest BCUT2D eigenvalue weighted by atomic mass is 19.1. The lowest BCUT2D eigenvalue weighted by molar-refractivity contribution is 0.320. The Morgan fingerprint density at radius 1 is 1.17 bits per heavy atom. The SMILES string of the molecule is Nc1cc(CCOc2ccc(N)c(F)c2)ccn1. The summed E-state index contributed by atoms with van der Waals surface area (Å²) < 4.78 is 18.6. The molecule has 1 heterocycles. The summed E-state index contributed by atoms with van der Waals surface area (Å²) in [6.07, 6.45) is 2.33. The van der Waals surface area contributed by atoms with E-state index in [0.29, 0.717) is 24.6 Å². The van der Waals surface area contributed by atoms with Crippen molar-refractivity contribution in [1.29, 1.82) is 0 Å². The number of rotatable bonds is 4. The molecule has 0 saturated heterocycles. The van der Waals surface area contributed by atoms with Gasteiger partial charge in [0.15, 0.2) is 0 Å². The fourth-order valence-corrected chi connectivity index (χ4v) is 1.53. The number of nitrogens with zero attached hydrogens (tertiary/aromatic N) is 1. The molecule has 0 aliphatic carbocycles. The van der Waals surface area contributed by atoms with Gasteiger partial charge in [0, 0.05) is 18.7 Å². The molecule has 2 aromatic rings. The van der Waals surface area contributed by atoms with Crippen molar-refractivity contribution in [3.8, 4) is 5.75 Å². The quantitative estimate of drug-likeness (QED) is 0.810. The van der Waals surface area contributed by atoms with Crippen molar-refractivity contribution in [2.75, 3.05) is 18.1 Å². The Kier molecular flexibility index (Phi) is 3.62. The van der Waals surface area contributed by atoms with Crippen LogP contribution in [0, 0.1) is 5.82 Å². The highest BCUT2D eigenvalue weighted by Crippen LogP contribution is 2.18. The largest absolute Gasteiger partial charge is 0.493 e. The number of hydrogen-bond donors (Lipinski definition) is 2. The first-order valence-corrected chi connectivity index (χ1v) is 5.53. The number of anilines is 2. The zero-order valence-electron chi connectivity index (χ0n) is 9.77. The third-order valence-corrected chi connectivity index (χ3v) is 2.48. The van der Waals surface area contributed by atoms with Gasteiger partial charge in [0.25, 0.3) is 0 Å². The molecule has 18 heavy (non-hydrogen) atoms. The lowest BCUT2D eigenvalue weighted by atomic mass is 10.2. The van der Waals surface area contributed by atoms with E-state index in [4.69, 9.17) is 16.2 Å². The van der Waals surface area contributed by atoms with Crippen molar-refractivity contribution in [3.05, 3.63) is 47.9 Å². The molecule has 4 N–H and O–H groups in total. The highest BCUT2D eigenvalue weighted by Gasteiger charge is 2.01. The molecule has 1 aromatic carbocycles. The number of nitrogen functional groups attached to an aromatic ring is 2. The molecular formula is C13H14FN3O. The zero-order valence-corrected chi connectivity index (χ0v) is 9.77. The van der Waals surface area contributed by atoms with Crippen molar-refractivity contribution in [1.82, 2.24) is 4.98 Å². The van der Waals surface area contributed by atoms with Gasteiger partial charge in [-0.1, -0.05) is 0 Å². The minimum Gasteiger partial charge on any atom is -0.493 e. The molecule has 0 atom stereocenters. The molecule has 0 aliphatic rings. The smallest absolute Gasteiger partial charge is 0.149 e. The second kappa shape index (κ2) is 5.35. The third kappa shape index (κ3) is 3.10. The topological polar surface area (TPSA) is 74.2 Å².